The minimum absolute atomic E-state index is 0.368. The average Bonchev–Trinajstić information content (AvgIpc) is 2.54. The van der Waals surface area contributed by atoms with Crippen LogP contribution in [-0.2, 0) is 4.74 Å². The van der Waals surface area contributed by atoms with Crippen molar-refractivity contribution in [2.45, 2.75) is 20.3 Å². The lowest BCUT2D eigenvalue weighted by Crippen LogP contribution is -2.08. The molecule has 0 radical (unpaired) electrons. The number of aromatic nitrogens is 2. The van der Waals surface area contributed by atoms with Crippen molar-refractivity contribution in [3.8, 4) is 0 Å². The number of esters is 1. The van der Waals surface area contributed by atoms with Crippen molar-refractivity contribution < 1.29 is 9.53 Å². The van der Waals surface area contributed by atoms with Gasteiger partial charge in [-0.05, 0) is 36.6 Å². The van der Waals surface area contributed by atoms with Crippen LogP contribution in [0.2, 0.25) is 0 Å². The number of hydrogen-bond donors (Lipinski definition) is 2. The van der Waals surface area contributed by atoms with Gasteiger partial charge in [-0.25, -0.2) is 9.78 Å². The van der Waals surface area contributed by atoms with Crippen molar-refractivity contribution in [2.75, 3.05) is 24.3 Å². The first kappa shape index (κ1) is 16.7. The molecule has 0 atom stereocenters. The number of methoxy groups -OCH3 is 1. The summed E-state index contributed by atoms with van der Waals surface area (Å²) in [5.74, 6) is 1.51. The van der Waals surface area contributed by atoms with Gasteiger partial charge in [0.05, 0.1) is 12.7 Å². The van der Waals surface area contributed by atoms with Gasteiger partial charge in [0.15, 0.2) is 0 Å². The number of ether oxygens (including phenoxy) is 1. The predicted molar refractivity (Wildman–Crippen MR) is 91.0 cm³/mol. The Labute approximate surface area is 136 Å². The van der Waals surface area contributed by atoms with Crippen molar-refractivity contribution >= 4 is 23.4 Å². The highest BCUT2D eigenvalue weighted by molar-refractivity contribution is 5.90. The van der Waals surface area contributed by atoms with Crippen LogP contribution in [0, 0.1) is 5.92 Å². The first-order valence-corrected chi connectivity index (χ1v) is 7.61. The second-order valence-electron chi connectivity index (χ2n) is 5.57. The Morgan fingerprint density at radius 3 is 2.87 bits per heavy atom. The maximum absolute atomic E-state index is 11.6. The third-order valence-electron chi connectivity index (χ3n) is 3.22. The molecule has 0 bridgehead atoms. The highest BCUT2D eigenvalue weighted by Gasteiger charge is 2.06. The van der Waals surface area contributed by atoms with Crippen LogP contribution in [0.3, 0.4) is 0 Å². The van der Waals surface area contributed by atoms with Crippen LogP contribution < -0.4 is 10.6 Å². The number of nitrogens with zero attached hydrogens (tertiary/aromatic N) is 2. The lowest BCUT2D eigenvalue weighted by Gasteiger charge is -2.10. The maximum Gasteiger partial charge on any atom is 0.337 e. The van der Waals surface area contributed by atoms with Crippen molar-refractivity contribution in [3.05, 3.63) is 42.1 Å². The molecule has 0 aliphatic rings. The van der Waals surface area contributed by atoms with Gasteiger partial charge in [0, 0.05) is 18.4 Å². The predicted octanol–water partition coefficient (Wildman–Crippen LogP) is 3.46. The van der Waals surface area contributed by atoms with Crippen LogP contribution in [-0.4, -0.2) is 29.6 Å². The molecule has 0 amide bonds. The van der Waals surface area contributed by atoms with Gasteiger partial charge < -0.3 is 15.4 Å². The average molecular weight is 314 g/mol. The number of benzene rings is 1. The number of rotatable bonds is 7. The largest absolute Gasteiger partial charge is 0.465 e. The zero-order valence-electron chi connectivity index (χ0n) is 13.7. The Kier molecular flexibility index (Phi) is 5.91. The van der Waals surface area contributed by atoms with E-state index >= 15 is 0 Å². The first-order valence-electron chi connectivity index (χ1n) is 7.61. The van der Waals surface area contributed by atoms with E-state index in [2.05, 4.69) is 34.4 Å². The zero-order chi connectivity index (χ0) is 16.7. The number of nitrogens with one attached hydrogen (secondary N) is 2. The second-order valence-corrected chi connectivity index (χ2v) is 5.57. The van der Waals surface area contributed by atoms with Crippen LogP contribution in [0.1, 0.15) is 30.6 Å². The second kappa shape index (κ2) is 8.12. The van der Waals surface area contributed by atoms with Gasteiger partial charge >= 0.3 is 5.97 Å². The molecular formula is C17H22N4O2. The van der Waals surface area contributed by atoms with Gasteiger partial charge in [0.1, 0.15) is 5.82 Å². The van der Waals surface area contributed by atoms with Gasteiger partial charge in [0.25, 0.3) is 0 Å². The molecular weight excluding hydrogens is 292 g/mol. The van der Waals surface area contributed by atoms with Gasteiger partial charge in [-0.1, -0.05) is 19.9 Å². The molecule has 1 aromatic carbocycles. The van der Waals surface area contributed by atoms with Crippen LogP contribution in [0.4, 0.5) is 17.5 Å². The third kappa shape index (κ3) is 5.25. The quantitative estimate of drug-likeness (QED) is 0.762. The molecule has 2 aromatic rings. The summed E-state index contributed by atoms with van der Waals surface area (Å²) in [6.07, 6.45) is 2.75. The van der Waals surface area contributed by atoms with E-state index in [0.29, 0.717) is 23.2 Å². The van der Waals surface area contributed by atoms with Gasteiger partial charge in [-0.3, -0.25) is 0 Å². The topological polar surface area (TPSA) is 76.1 Å². The molecule has 0 aliphatic heterocycles. The summed E-state index contributed by atoms with van der Waals surface area (Å²) < 4.78 is 4.72. The van der Waals surface area contributed by atoms with Crippen LogP contribution >= 0.6 is 0 Å². The summed E-state index contributed by atoms with van der Waals surface area (Å²) in [5.41, 5.74) is 1.25. The molecule has 0 aliphatic carbocycles. The van der Waals surface area contributed by atoms with E-state index in [1.807, 2.05) is 6.07 Å². The Hall–Kier alpha value is -2.63. The van der Waals surface area contributed by atoms with Gasteiger partial charge in [0.2, 0.25) is 5.95 Å². The Morgan fingerprint density at radius 2 is 2.13 bits per heavy atom. The highest BCUT2D eigenvalue weighted by atomic mass is 16.5. The fourth-order valence-electron chi connectivity index (χ4n) is 1.98. The lowest BCUT2D eigenvalue weighted by molar-refractivity contribution is 0.0601. The van der Waals surface area contributed by atoms with Crippen LogP contribution in [0.25, 0.3) is 0 Å². The van der Waals surface area contributed by atoms with E-state index in [-0.39, 0.29) is 5.97 Å². The van der Waals surface area contributed by atoms with Crippen molar-refractivity contribution in [2.24, 2.45) is 5.92 Å². The highest BCUT2D eigenvalue weighted by Crippen LogP contribution is 2.17. The molecule has 6 heteroatoms. The van der Waals surface area contributed by atoms with Gasteiger partial charge in [-0.2, -0.15) is 4.98 Å². The molecule has 0 saturated carbocycles. The van der Waals surface area contributed by atoms with E-state index in [1.165, 1.54) is 7.11 Å². The summed E-state index contributed by atoms with van der Waals surface area (Å²) in [5, 5.41) is 6.37. The zero-order valence-corrected chi connectivity index (χ0v) is 13.7. The Balaban J connectivity index is 2.04. The summed E-state index contributed by atoms with van der Waals surface area (Å²) in [6, 6.07) is 8.85. The van der Waals surface area contributed by atoms with Gasteiger partial charge in [-0.15, -0.1) is 0 Å². The molecule has 23 heavy (non-hydrogen) atoms. The minimum atomic E-state index is -0.368. The first-order chi connectivity index (χ1) is 11.1. The monoisotopic (exact) mass is 314 g/mol. The number of hydrogen-bond acceptors (Lipinski definition) is 6. The normalized spacial score (nSPS) is 10.4. The SMILES string of the molecule is COC(=O)c1cccc(Nc2ccnc(NCCC(C)C)n2)c1. The molecule has 2 rings (SSSR count). The van der Waals surface area contributed by atoms with E-state index in [4.69, 9.17) is 4.74 Å². The molecule has 0 saturated heterocycles. The smallest absolute Gasteiger partial charge is 0.337 e. The fraction of sp³-hybridized carbons (Fsp3) is 0.353. The molecule has 6 nitrogen and oxygen atoms in total. The molecule has 2 N–H and O–H groups in total. The molecule has 1 aromatic heterocycles. The number of carbonyl (C=O) groups excluding carboxylic acids is 1. The molecule has 0 fully saturated rings. The van der Waals surface area contributed by atoms with Crippen LogP contribution in [0.5, 0.6) is 0 Å². The van der Waals surface area contributed by atoms with E-state index in [0.717, 1.165) is 18.7 Å². The van der Waals surface area contributed by atoms with E-state index in [9.17, 15) is 4.79 Å². The molecule has 1 heterocycles. The fourth-order valence-corrected chi connectivity index (χ4v) is 1.98. The van der Waals surface area contributed by atoms with Crippen molar-refractivity contribution in [1.82, 2.24) is 9.97 Å². The minimum Gasteiger partial charge on any atom is -0.465 e. The molecule has 0 unspecified atom stereocenters. The summed E-state index contributed by atoms with van der Waals surface area (Å²) in [7, 11) is 1.36. The lowest BCUT2D eigenvalue weighted by atomic mass is 10.1. The van der Waals surface area contributed by atoms with Crippen molar-refractivity contribution in [1.29, 1.82) is 0 Å². The molecule has 0 spiro atoms. The number of anilines is 3. The maximum atomic E-state index is 11.6. The van der Waals surface area contributed by atoms with E-state index < -0.39 is 0 Å². The number of carbonyl (C=O) groups is 1. The summed E-state index contributed by atoms with van der Waals surface area (Å²) >= 11 is 0. The van der Waals surface area contributed by atoms with Crippen molar-refractivity contribution in [3.63, 3.8) is 0 Å². The molecule has 122 valence electrons. The Morgan fingerprint density at radius 1 is 1.30 bits per heavy atom. The summed E-state index contributed by atoms with van der Waals surface area (Å²) in [4.78, 5) is 20.2. The van der Waals surface area contributed by atoms with Crippen LogP contribution in [0.15, 0.2) is 36.5 Å². The van der Waals surface area contributed by atoms with E-state index in [1.54, 1.807) is 30.5 Å². The standard InChI is InChI=1S/C17H22N4O2/c1-12(2)7-9-18-17-19-10-8-15(21-17)20-14-6-4-5-13(11-14)16(22)23-3/h4-6,8,10-12H,7,9H2,1-3H3,(H2,18,19,20,21). The third-order valence-corrected chi connectivity index (χ3v) is 3.22. The Bertz CT molecular complexity index is 659. The summed E-state index contributed by atoms with van der Waals surface area (Å²) in [6.45, 7) is 5.18.